The molecule has 0 heterocycles. The van der Waals surface area contributed by atoms with E-state index in [1.807, 2.05) is 38.1 Å². The Hall–Kier alpha value is -1.31. The monoisotopic (exact) mass is 434 g/mol. The van der Waals surface area contributed by atoms with Gasteiger partial charge in [-0.2, -0.15) is 0 Å². The molecule has 0 aliphatic carbocycles. The van der Waals surface area contributed by atoms with Gasteiger partial charge in [-0.25, -0.2) is 4.79 Å². The summed E-state index contributed by atoms with van der Waals surface area (Å²) in [6.07, 6.45) is 2.11. The second kappa shape index (κ2) is 13.0. The third kappa shape index (κ3) is 10.3. The van der Waals surface area contributed by atoms with Crippen molar-refractivity contribution in [2.75, 3.05) is 6.54 Å². The zero-order valence-electron chi connectivity index (χ0n) is 14.7. The van der Waals surface area contributed by atoms with Gasteiger partial charge >= 0.3 is 6.03 Å². The molecule has 1 aromatic carbocycles. The Morgan fingerprint density at radius 3 is 2.36 bits per heavy atom. The van der Waals surface area contributed by atoms with E-state index in [1.165, 1.54) is 0 Å². The zero-order chi connectivity index (χ0) is 17.9. The topological polar surface area (TPSA) is 96.2 Å². The van der Waals surface area contributed by atoms with Crippen LogP contribution >= 0.6 is 28.3 Å². The van der Waals surface area contributed by atoms with Crippen molar-refractivity contribution in [3.05, 3.63) is 34.3 Å². The minimum Gasteiger partial charge on any atom is -0.354 e. The average molecular weight is 436 g/mol. The fraction of sp³-hybridized carbons (Fsp3) is 0.529. The number of benzene rings is 1. The number of amides is 3. The van der Waals surface area contributed by atoms with Gasteiger partial charge in [0, 0.05) is 23.6 Å². The number of carbonyl (C=O) groups excluding carboxylic acids is 2. The van der Waals surface area contributed by atoms with Crippen LogP contribution < -0.4 is 21.7 Å². The molecule has 2 unspecified atom stereocenters. The Bertz CT molecular complexity index is 526. The molecule has 0 aliphatic heterocycles. The molecule has 6 nitrogen and oxygen atoms in total. The fourth-order valence-electron chi connectivity index (χ4n) is 2.10. The summed E-state index contributed by atoms with van der Waals surface area (Å²) < 4.78 is 0.988. The summed E-state index contributed by atoms with van der Waals surface area (Å²) in [5.74, 6) is -0.170. The normalized spacial score (nSPS) is 12.5. The van der Waals surface area contributed by atoms with E-state index in [0.717, 1.165) is 16.5 Å². The van der Waals surface area contributed by atoms with Gasteiger partial charge in [-0.05, 0) is 37.5 Å². The lowest BCUT2D eigenvalue weighted by Crippen LogP contribution is -2.50. The highest BCUT2D eigenvalue weighted by atomic mass is 79.9. The first-order chi connectivity index (χ1) is 11.4. The van der Waals surface area contributed by atoms with Crippen molar-refractivity contribution in [2.45, 2.75) is 51.7 Å². The molecular formula is C17H28BrClN4O2. The van der Waals surface area contributed by atoms with Crippen LogP contribution in [-0.4, -0.2) is 30.6 Å². The number of hydrogen-bond donors (Lipinski definition) is 4. The molecule has 0 aromatic heterocycles. The van der Waals surface area contributed by atoms with Crippen LogP contribution in [0.15, 0.2) is 28.7 Å². The molecule has 3 amide bonds. The first-order valence-electron chi connectivity index (χ1n) is 8.24. The number of nitrogens with one attached hydrogen (secondary N) is 3. The average Bonchev–Trinajstić information content (AvgIpc) is 2.53. The molecule has 0 fully saturated rings. The number of rotatable bonds is 9. The minimum absolute atomic E-state index is 0. The van der Waals surface area contributed by atoms with Gasteiger partial charge in [-0.3, -0.25) is 4.79 Å². The van der Waals surface area contributed by atoms with Crippen LogP contribution in [0.4, 0.5) is 4.79 Å². The number of hydrogen-bond acceptors (Lipinski definition) is 3. The van der Waals surface area contributed by atoms with Gasteiger partial charge in [0.2, 0.25) is 5.91 Å². The number of nitrogens with two attached hydrogens (primary N) is 1. The summed E-state index contributed by atoms with van der Waals surface area (Å²) in [6.45, 7) is 4.79. The van der Waals surface area contributed by atoms with Crippen molar-refractivity contribution in [3.63, 3.8) is 0 Å². The Kier molecular flexibility index (Phi) is 12.3. The molecule has 0 radical (unpaired) electrons. The third-order valence-electron chi connectivity index (χ3n) is 3.46. The van der Waals surface area contributed by atoms with Crippen LogP contribution in [0.3, 0.4) is 0 Å². The van der Waals surface area contributed by atoms with E-state index in [2.05, 4.69) is 31.9 Å². The molecule has 0 aliphatic rings. The predicted octanol–water partition coefficient (Wildman–Crippen LogP) is 2.69. The van der Waals surface area contributed by atoms with Crippen molar-refractivity contribution in [2.24, 2.45) is 5.73 Å². The fourth-order valence-corrected chi connectivity index (χ4v) is 2.36. The van der Waals surface area contributed by atoms with Crippen molar-refractivity contribution in [3.8, 4) is 0 Å². The zero-order valence-corrected chi connectivity index (χ0v) is 17.1. The Labute approximate surface area is 164 Å². The minimum atomic E-state index is -0.534. The second-order valence-corrected chi connectivity index (χ2v) is 6.77. The standard InChI is InChI=1S/C17H27BrN4O2.ClH/c1-3-4-15(16(23)20-10-9-12(2)19)22-17(24)21-11-13-5-7-14(18)8-6-13;/h5-8,12,15H,3-4,9-11,19H2,1-2H3,(H,20,23)(H2,21,22,24);1H. The summed E-state index contributed by atoms with van der Waals surface area (Å²) in [6, 6.07) is 6.84. The van der Waals surface area contributed by atoms with E-state index >= 15 is 0 Å². The number of urea groups is 1. The van der Waals surface area contributed by atoms with Crippen molar-refractivity contribution < 1.29 is 9.59 Å². The summed E-state index contributed by atoms with van der Waals surface area (Å²) in [5, 5.41) is 8.32. The maximum atomic E-state index is 12.2. The molecule has 0 saturated carbocycles. The molecule has 1 rings (SSSR count). The van der Waals surface area contributed by atoms with Gasteiger partial charge in [0.05, 0.1) is 0 Å². The maximum absolute atomic E-state index is 12.2. The van der Waals surface area contributed by atoms with E-state index in [1.54, 1.807) is 0 Å². The van der Waals surface area contributed by atoms with E-state index in [-0.39, 0.29) is 30.4 Å². The van der Waals surface area contributed by atoms with Crippen molar-refractivity contribution in [1.29, 1.82) is 0 Å². The lowest BCUT2D eigenvalue weighted by atomic mass is 10.1. The van der Waals surface area contributed by atoms with E-state index in [0.29, 0.717) is 25.9 Å². The predicted molar refractivity (Wildman–Crippen MR) is 107 cm³/mol. The molecule has 25 heavy (non-hydrogen) atoms. The van der Waals surface area contributed by atoms with Crippen LogP contribution in [0.2, 0.25) is 0 Å². The summed E-state index contributed by atoms with van der Waals surface area (Å²) >= 11 is 3.37. The van der Waals surface area contributed by atoms with Gasteiger partial charge in [0.1, 0.15) is 6.04 Å². The van der Waals surface area contributed by atoms with E-state index in [9.17, 15) is 9.59 Å². The highest BCUT2D eigenvalue weighted by molar-refractivity contribution is 9.10. The van der Waals surface area contributed by atoms with E-state index in [4.69, 9.17) is 5.73 Å². The largest absolute Gasteiger partial charge is 0.354 e. The van der Waals surface area contributed by atoms with Crippen LogP contribution in [0.5, 0.6) is 0 Å². The molecular weight excluding hydrogens is 408 g/mol. The maximum Gasteiger partial charge on any atom is 0.315 e. The molecule has 8 heteroatoms. The Balaban J connectivity index is 0.00000576. The summed E-state index contributed by atoms with van der Waals surface area (Å²) in [7, 11) is 0. The Morgan fingerprint density at radius 1 is 1.16 bits per heavy atom. The lowest BCUT2D eigenvalue weighted by Gasteiger charge is -2.18. The van der Waals surface area contributed by atoms with Crippen LogP contribution in [0.25, 0.3) is 0 Å². The van der Waals surface area contributed by atoms with Crippen molar-refractivity contribution in [1.82, 2.24) is 16.0 Å². The van der Waals surface area contributed by atoms with Gasteiger partial charge < -0.3 is 21.7 Å². The Morgan fingerprint density at radius 2 is 1.80 bits per heavy atom. The van der Waals surface area contributed by atoms with Crippen LogP contribution in [0.1, 0.15) is 38.7 Å². The quantitative estimate of drug-likeness (QED) is 0.480. The summed E-state index contributed by atoms with van der Waals surface area (Å²) in [5.41, 5.74) is 6.65. The van der Waals surface area contributed by atoms with Gasteiger partial charge in [-0.1, -0.05) is 41.4 Å². The number of halogens is 2. The molecule has 0 saturated heterocycles. The first-order valence-corrected chi connectivity index (χ1v) is 9.03. The van der Waals surface area contributed by atoms with Crippen LogP contribution in [-0.2, 0) is 11.3 Å². The second-order valence-electron chi connectivity index (χ2n) is 5.85. The molecule has 5 N–H and O–H groups in total. The molecule has 0 spiro atoms. The number of carbonyl (C=O) groups is 2. The molecule has 0 bridgehead atoms. The lowest BCUT2D eigenvalue weighted by molar-refractivity contribution is -0.123. The van der Waals surface area contributed by atoms with Gasteiger partial charge in [0.15, 0.2) is 0 Å². The highest BCUT2D eigenvalue weighted by Crippen LogP contribution is 2.10. The van der Waals surface area contributed by atoms with Gasteiger partial charge in [0.25, 0.3) is 0 Å². The van der Waals surface area contributed by atoms with E-state index < -0.39 is 6.04 Å². The SMILES string of the molecule is CCCC(NC(=O)NCc1ccc(Br)cc1)C(=O)NCCC(C)N.Cl. The van der Waals surface area contributed by atoms with Gasteiger partial charge in [-0.15, -0.1) is 12.4 Å². The molecule has 1 aromatic rings. The molecule has 2 atom stereocenters. The third-order valence-corrected chi connectivity index (χ3v) is 3.99. The first kappa shape index (κ1) is 23.7. The smallest absolute Gasteiger partial charge is 0.315 e. The van der Waals surface area contributed by atoms with Crippen LogP contribution in [0, 0.1) is 0 Å². The molecule has 142 valence electrons. The van der Waals surface area contributed by atoms with Crippen molar-refractivity contribution >= 4 is 40.3 Å². The summed E-state index contributed by atoms with van der Waals surface area (Å²) in [4.78, 5) is 24.2. The highest BCUT2D eigenvalue weighted by Gasteiger charge is 2.19.